The van der Waals surface area contributed by atoms with Crippen LogP contribution < -0.4 is 0 Å². The molecule has 2 nitrogen and oxygen atoms in total. The highest BCUT2D eigenvalue weighted by atomic mass is 16.5. The monoisotopic (exact) mass is 382 g/mol. The lowest BCUT2D eigenvalue weighted by Crippen LogP contribution is -2.04. The summed E-state index contributed by atoms with van der Waals surface area (Å²) >= 11 is 0. The van der Waals surface area contributed by atoms with Crippen molar-refractivity contribution in [2.24, 2.45) is 0 Å². The molecule has 154 valence electrons. The van der Waals surface area contributed by atoms with Gasteiger partial charge in [0, 0.05) is 6.08 Å². The number of esters is 1. The molecule has 0 saturated heterocycles. The lowest BCUT2D eigenvalue weighted by Gasteiger charge is -2.11. The number of carbonyl (C=O) groups is 1. The molecule has 28 heavy (non-hydrogen) atoms. The summed E-state index contributed by atoms with van der Waals surface area (Å²) in [6.07, 6.45) is 10.2. The minimum Gasteiger partial charge on any atom is -0.458 e. The van der Waals surface area contributed by atoms with Gasteiger partial charge in [0.15, 0.2) is 0 Å². The van der Waals surface area contributed by atoms with E-state index in [2.05, 4.69) is 71.9 Å². The van der Waals surface area contributed by atoms with Crippen LogP contribution in [0.4, 0.5) is 0 Å². The minimum atomic E-state index is -0.254. The van der Waals surface area contributed by atoms with E-state index in [0.29, 0.717) is 12.5 Å². The molecule has 0 fully saturated rings. The molecule has 1 aromatic carbocycles. The Hall–Kier alpha value is -2.09. The van der Waals surface area contributed by atoms with Crippen LogP contribution in [0.15, 0.2) is 53.1 Å². The van der Waals surface area contributed by atoms with Crippen molar-refractivity contribution in [3.63, 3.8) is 0 Å². The fourth-order valence-corrected chi connectivity index (χ4v) is 2.91. The summed E-state index contributed by atoms with van der Waals surface area (Å²) in [6, 6.07) is 6.39. The molecule has 1 aromatic rings. The number of benzene rings is 1. The highest BCUT2D eigenvalue weighted by Gasteiger charge is 2.06. The van der Waals surface area contributed by atoms with Crippen molar-refractivity contribution < 1.29 is 9.53 Å². The first-order valence-electron chi connectivity index (χ1n) is 10.4. The summed E-state index contributed by atoms with van der Waals surface area (Å²) in [7, 11) is 0. The van der Waals surface area contributed by atoms with Crippen molar-refractivity contribution in [2.75, 3.05) is 0 Å². The van der Waals surface area contributed by atoms with Crippen LogP contribution in [-0.2, 0) is 16.1 Å². The number of aryl methyl sites for hydroxylation is 1. The van der Waals surface area contributed by atoms with Crippen LogP contribution in [0, 0.1) is 6.92 Å². The van der Waals surface area contributed by atoms with Gasteiger partial charge >= 0.3 is 5.97 Å². The lowest BCUT2D eigenvalue weighted by atomic mass is 9.98. The van der Waals surface area contributed by atoms with Gasteiger partial charge in [-0.3, -0.25) is 0 Å². The van der Waals surface area contributed by atoms with Crippen molar-refractivity contribution in [3.8, 4) is 0 Å². The number of ether oxygens (including phenoxy) is 1. The van der Waals surface area contributed by atoms with Gasteiger partial charge in [-0.05, 0) is 82.9 Å². The third-order valence-corrected chi connectivity index (χ3v) is 4.90. The normalized spacial score (nSPS) is 12.3. The molecule has 0 N–H and O–H groups in total. The van der Waals surface area contributed by atoms with Gasteiger partial charge in [-0.2, -0.15) is 0 Å². The Morgan fingerprint density at radius 1 is 1.00 bits per heavy atom. The maximum absolute atomic E-state index is 12.1. The smallest absolute Gasteiger partial charge is 0.331 e. The largest absolute Gasteiger partial charge is 0.458 e. The van der Waals surface area contributed by atoms with Crippen molar-refractivity contribution in [1.29, 1.82) is 0 Å². The van der Waals surface area contributed by atoms with Crippen molar-refractivity contribution >= 4 is 5.97 Å². The second-order valence-electron chi connectivity index (χ2n) is 8.35. The molecule has 0 aliphatic carbocycles. The van der Waals surface area contributed by atoms with Crippen molar-refractivity contribution in [3.05, 3.63) is 69.8 Å². The van der Waals surface area contributed by atoms with Crippen LogP contribution in [0.5, 0.6) is 0 Å². The Bertz CT molecular complexity index is 729. The molecule has 0 spiro atoms. The van der Waals surface area contributed by atoms with Gasteiger partial charge in [0.05, 0.1) is 0 Å². The average molecular weight is 383 g/mol. The molecule has 0 unspecified atom stereocenters. The molecule has 0 atom stereocenters. The summed E-state index contributed by atoms with van der Waals surface area (Å²) in [6.45, 7) is 15.2. The summed E-state index contributed by atoms with van der Waals surface area (Å²) in [5, 5.41) is 0. The third-order valence-electron chi connectivity index (χ3n) is 4.90. The molecule has 0 radical (unpaired) electrons. The Kier molecular flexibility index (Phi) is 10.6. The predicted octanol–water partition coefficient (Wildman–Crippen LogP) is 7.58. The van der Waals surface area contributed by atoms with Crippen molar-refractivity contribution in [1.82, 2.24) is 0 Å². The van der Waals surface area contributed by atoms with Crippen LogP contribution in [0.1, 0.15) is 89.8 Å². The Balaban J connectivity index is 2.48. The van der Waals surface area contributed by atoms with E-state index in [4.69, 9.17) is 4.74 Å². The van der Waals surface area contributed by atoms with Crippen molar-refractivity contribution in [2.45, 2.75) is 86.7 Å². The Morgan fingerprint density at radius 2 is 1.64 bits per heavy atom. The molecule has 0 aliphatic heterocycles. The predicted molar refractivity (Wildman–Crippen MR) is 120 cm³/mol. The van der Waals surface area contributed by atoms with Gasteiger partial charge in [-0.1, -0.05) is 60.9 Å². The first-order chi connectivity index (χ1) is 13.2. The number of carbonyl (C=O) groups excluding carboxylic acids is 1. The number of hydrogen-bond donors (Lipinski definition) is 0. The van der Waals surface area contributed by atoms with E-state index in [1.54, 1.807) is 6.08 Å². The average Bonchev–Trinajstić information content (AvgIpc) is 2.60. The summed E-state index contributed by atoms with van der Waals surface area (Å²) in [4.78, 5) is 12.1. The van der Waals surface area contributed by atoms with Crippen LogP contribution >= 0.6 is 0 Å². The van der Waals surface area contributed by atoms with E-state index in [0.717, 1.165) is 42.4 Å². The third kappa shape index (κ3) is 9.73. The number of hydrogen-bond acceptors (Lipinski definition) is 2. The number of allylic oxidation sites excluding steroid dienone is 5. The van der Waals surface area contributed by atoms with E-state index in [-0.39, 0.29) is 5.97 Å². The van der Waals surface area contributed by atoms with Crippen LogP contribution in [-0.4, -0.2) is 5.97 Å². The van der Waals surface area contributed by atoms with E-state index in [1.807, 2.05) is 6.92 Å². The van der Waals surface area contributed by atoms with Gasteiger partial charge in [-0.25, -0.2) is 4.79 Å². The van der Waals surface area contributed by atoms with Gasteiger partial charge in [0.1, 0.15) is 6.61 Å². The first kappa shape index (κ1) is 23.9. The Morgan fingerprint density at radius 3 is 2.29 bits per heavy atom. The molecule has 0 aliphatic rings. The maximum Gasteiger partial charge on any atom is 0.331 e. The fourth-order valence-electron chi connectivity index (χ4n) is 2.91. The van der Waals surface area contributed by atoms with Crippen LogP contribution in [0.2, 0.25) is 0 Å². The lowest BCUT2D eigenvalue weighted by molar-refractivity contribution is -0.139. The zero-order valence-electron chi connectivity index (χ0n) is 18.9. The zero-order chi connectivity index (χ0) is 21.1. The van der Waals surface area contributed by atoms with Gasteiger partial charge in [-0.15, -0.1) is 0 Å². The minimum absolute atomic E-state index is 0.254. The second-order valence-corrected chi connectivity index (χ2v) is 8.35. The molecular weight excluding hydrogens is 344 g/mol. The van der Waals surface area contributed by atoms with Gasteiger partial charge in [0.25, 0.3) is 0 Å². The maximum atomic E-state index is 12.1. The molecule has 0 amide bonds. The number of rotatable bonds is 10. The first-order valence-corrected chi connectivity index (χ1v) is 10.4. The Labute approximate surface area is 172 Å². The van der Waals surface area contributed by atoms with Gasteiger partial charge < -0.3 is 4.74 Å². The van der Waals surface area contributed by atoms with Crippen LogP contribution in [0.3, 0.4) is 0 Å². The molecule has 0 aromatic heterocycles. The van der Waals surface area contributed by atoms with E-state index >= 15 is 0 Å². The van der Waals surface area contributed by atoms with Crippen LogP contribution in [0.25, 0.3) is 0 Å². The standard InChI is InChI=1S/C26H38O2/c1-19(2)10-8-11-21(5)12-9-13-22(6)16-26(27)28-18-25-17-24(20(3)4)15-14-23(25)7/h10,12,14-17,20H,8-9,11,13,18H2,1-7H3/b21-12+,22-16+. The van der Waals surface area contributed by atoms with E-state index < -0.39 is 0 Å². The van der Waals surface area contributed by atoms with E-state index in [9.17, 15) is 4.79 Å². The molecule has 2 heteroatoms. The van der Waals surface area contributed by atoms with Gasteiger partial charge in [0.2, 0.25) is 0 Å². The molecule has 0 bridgehead atoms. The second kappa shape index (κ2) is 12.4. The molecule has 1 rings (SSSR count). The topological polar surface area (TPSA) is 26.3 Å². The summed E-state index contributed by atoms with van der Waals surface area (Å²) < 4.78 is 5.48. The van der Waals surface area contributed by atoms with E-state index in [1.165, 1.54) is 16.7 Å². The summed E-state index contributed by atoms with van der Waals surface area (Å²) in [5.74, 6) is 0.215. The molecular formula is C26H38O2. The summed E-state index contributed by atoms with van der Waals surface area (Å²) in [5.41, 5.74) is 7.36. The molecule has 0 saturated carbocycles. The quantitative estimate of drug-likeness (QED) is 0.237. The highest BCUT2D eigenvalue weighted by molar-refractivity contribution is 5.82. The fraction of sp³-hybridized carbons (Fsp3) is 0.500. The molecule has 0 heterocycles. The zero-order valence-corrected chi connectivity index (χ0v) is 18.9. The highest BCUT2D eigenvalue weighted by Crippen LogP contribution is 2.19. The SMILES string of the molecule is CC(C)=CCC/C(C)=C/CC/C(C)=C/C(=O)OCc1cc(C(C)C)ccc1C.